The molecule has 170 valence electrons. The van der Waals surface area contributed by atoms with Crippen molar-refractivity contribution in [2.75, 3.05) is 12.9 Å². The summed E-state index contributed by atoms with van der Waals surface area (Å²) >= 11 is 0. The quantitative estimate of drug-likeness (QED) is 0.245. The minimum atomic E-state index is -7.09. The molecule has 1 aromatic rings. The molecular formula is C12H8F7NO8S2. The molecule has 0 amide bonds. The van der Waals surface area contributed by atoms with Gasteiger partial charge in [-0.1, -0.05) is 0 Å². The van der Waals surface area contributed by atoms with Gasteiger partial charge in [-0.3, -0.25) is 14.9 Å². The normalized spacial score (nSPS) is 13.7. The van der Waals surface area contributed by atoms with E-state index in [2.05, 4.69) is 4.74 Å². The third-order valence-electron chi connectivity index (χ3n) is 3.37. The van der Waals surface area contributed by atoms with Gasteiger partial charge in [0.25, 0.3) is 15.5 Å². The Balaban J connectivity index is 3.72. The molecule has 1 rings (SSSR count). The Morgan fingerprint density at radius 3 is 1.97 bits per heavy atom. The van der Waals surface area contributed by atoms with Gasteiger partial charge in [-0.25, -0.2) is 16.8 Å². The number of carbonyl (C=O) groups is 1. The van der Waals surface area contributed by atoms with Crippen LogP contribution in [0.1, 0.15) is 0 Å². The Kier molecular flexibility index (Phi) is 6.50. The first-order valence-corrected chi connectivity index (χ1v) is 10.0. The summed E-state index contributed by atoms with van der Waals surface area (Å²) in [4.78, 5) is 17.0. The van der Waals surface area contributed by atoms with Gasteiger partial charge in [-0.05, 0) is 12.1 Å². The molecule has 0 radical (unpaired) electrons. The molecule has 30 heavy (non-hydrogen) atoms. The van der Waals surface area contributed by atoms with Crippen LogP contribution in [0.4, 0.5) is 36.4 Å². The highest BCUT2D eigenvalue weighted by Gasteiger charge is 2.78. The second-order valence-corrected chi connectivity index (χ2v) is 9.26. The third kappa shape index (κ3) is 4.18. The standard InChI is InChI=1S/C12H8F7NO8S2/c1-28-9(21)5-29(24,25)8-3-2-6(4-7(8)20(22)23)30(26,27)12(18,19)10(13,14)11(15,16)17/h2-4H,5H2,1H3. The number of alkyl halides is 7. The van der Waals surface area contributed by atoms with Crippen LogP contribution in [-0.4, -0.2) is 57.9 Å². The molecular weight excluding hydrogens is 483 g/mol. The van der Waals surface area contributed by atoms with Gasteiger partial charge in [-0.15, -0.1) is 0 Å². The average Bonchev–Trinajstić information content (AvgIpc) is 2.59. The summed E-state index contributed by atoms with van der Waals surface area (Å²) in [5.41, 5.74) is -1.77. The molecule has 0 aromatic heterocycles. The van der Waals surface area contributed by atoms with Gasteiger partial charge in [0.2, 0.25) is 0 Å². The van der Waals surface area contributed by atoms with Crippen LogP contribution in [0.25, 0.3) is 0 Å². The fraction of sp³-hybridized carbons (Fsp3) is 0.417. The van der Waals surface area contributed by atoms with Gasteiger partial charge in [0, 0.05) is 6.07 Å². The summed E-state index contributed by atoms with van der Waals surface area (Å²) in [6.07, 6.45) is -7.01. The molecule has 0 N–H and O–H groups in total. The van der Waals surface area contributed by atoms with Crippen molar-refractivity contribution in [1.29, 1.82) is 0 Å². The smallest absolute Gasteiger partial charge is 0.461 e. The number of rotatable bonds is 7. The first kappa shape index (κ1) is 25.5. The first-order chi connectivity index (χ1) is 13.2. The van der Waals surface area contributed by atoms with Crippen LogP contribution in [0, 0.1) is 10.1 Å². The number of hydrogen-bond donors (Lipinski definition) is 0. The number of hydrogen-bond acceptors (Lipinski definition) is 8. The summed E-state index contributed by atoms with van der Waals surface area (Å²) < 4.78 is 142. The maximum Gasteiger partial charge on any atom is 0.461 e. The van der Waals surface area contributed by atoms with E-state index >= 15 is 0 Å². The molecule has 0 saturated heterocycles. The predicted octanol–water partition coefficient (Wildman–Crippen LogP) is 2.11. The molecule has 0 saturated carbocycles. The van der Waals surface area contributed by atoms with Gasteiger partial charge < -0.3 is 4.74 Å². The van der Waals surface area contributed by atoms with Gasteiger partial charge >= 0.3 is 23.3 Å². The zero-order chi connectivity index (χ0) is 23.9. The Morgan fingerprint density at radius 1 is 1.07 bits per heavy atom. The summed E-state index contributed by atoms with van der Waals surface area (Å²) in [7, 11) is -11.1. The second kappa shape index (κ2) is 7.64. The van der Waals surface area contributed by atoms with Crippen molar-refractivity contribution >= 4 is 31.3 Å². The molecule has 0 heterocycles. The molecule has 9 nitrogen and oxygen atoms in total. The molecule has 0 aliphatic rings. The molecule has 1 aromatic carbocycles. The number of nitrogens with zero attached hydrogens (tertiary/aromatic N) is 1. The van der Waals surface area contributed by atoms with E-state index in [0.29, 0.717) is 0 Å². The van der Waals surface area contributed by atoms with Crippen molar-refractivity contribution in [3.8, 4) is 0 Å². The van der Waals surface area contributed by atoms with E-state index in [4.69, 9.17) is 0 Å². The SMILES string of the molecule is COC(=O)CS(=O)(=O)c1ccc(S(=O)(=O)C(F)(F)C(F)(F)C(F)(F)F)cc1[N+](=O)[O-]. The zero-order valence-electron chi connectivity index (χ0n) is 14.1. The predicted molar refractivity (Wildman–Crippen MR) is 80.3 cm³/mol. The molecule has 0 spiro atoms. The second-order valence-electron chi connectivity index (χ2n) is 5.31. The lowest BCUT2D eigenvalue weighted by Crippen LogP contribution is -2.55. The van der Waals surface area contributed by atoms with Crippen LogP contribution < -0.4 is 0 Å². The van der Waals surface area contributed by atoms with Crippen LogP contribution in [0.15, 0.2) is 28.0 Å². The lowest BCUT2D eigenvalue weighted by atomic mass is 10.3. The van der Waals surface area contributed by atoms with E-state index in [-0.39, 0.29) is 12.1 Å². The number of nitro benzene ring substituents is 1. The lowest BCUT2D eigenvalue weighted by Gasteiger charge is -2.27. The molecule has 18 heteroatoms. The number of ether oxygens (including phenoxy) is 1. The highest BCUT2D eigenvalue weighted by molar-refractivity contribution is 7.93. The van der Waals surface area contributed by atoms with Crippen LogP contribution in [-0.2, 0) is 29.2 Å². The number of benzene rings is 1. The Morgan fingerprint density at radius 2 is 1.57 bits per heavy atom. The summed E-state index contributed by atoms with van der Waals surface area (Å²) in [5, 5.41) is 4.22. The largest absolute Gasteiger partial charge is 0.468 e. The lowest BCUT2D eigenvalue weighted by molar-refractivity contribution is -0.388. The van der Waals surface area contributed by atoms with E-state index in [1.807, 2.05) is 0 Å². The number of methoxy groups -OCH3 is 1. The van der Waals surface area contributed by atoms with Crippen LogP contribution in [0.3, 0.4) is 0 Å². The van der Waals surface area contributed by atoms with E-state index in [0.717, 1.165) is 7.11 Å². The highest BCUT2D eigenvalue weighted by Crippen LogP contribution is 2.51. The van der Waals surface area contributed by atoms with Gasteiger partial charge in [0.15, 0.2) is 15.6 Å². The van der Waals surface area contributed by atoms with E-state index in [1.54, 1.807) is 0 Å². The summed E-state index contributed by atoms with van der Waals surface area (Å²) in [6.45, 7) is 0. The minimum Gasteiger partial charge on any atom is -0.468 e. The van der Waals surface area contributed by atoms with Crippen molar-refractivity contribution in [1.82, 2.24) is 0 Å². The third-order valence-corrected chi connectivity index (χ3v) is 6.80. The molecule has 0 fully saturated rings. The molecule has 0 bridgehead atoms. The summed E-state index contributed by atoms with van der Waals surface area (Å²) in [5.74, 6) is -10.0. The molecule has 0 aliphatic heterocycles. The van der Waals surface area contributed by atoms with Crippen LogP contribution >= 0.6 is 0 Å². The van der Waals surface area contributed by atoms with Crippen molar-refractivity contribution in [2.45, 2.75) is 27.1 Å². The minimum absolute atomic E-state index is 0.00883. The zero-order valence-corrected chi connectivity index (χ0v) is 15.7. The Labute approximate surface area is 162 Å². The average molecular weight is 491 g/mol. The van der Waals surface area contributed by atoms with E-state index < -0.39 is 75.2 Å². The number of esters is 1. The topological polar surface area (TPSA) is 138 Å². The van der Waals surface area contributed by atoms with Gasteiger partial charge in [0.05, 0.1) is 16.9 Å². The van der Waals surface area contributed by atoms with Crippen molar-refractivity contribution in [2.24, 2.45) is 0 Å². The number of halogens is 7. The summed E-state index contributed by atoms with van der Waals surface area (Å²) in [6, 6.07) is -0.613. The number of nitro groups is 1. The fourth-order valence-corrected chi connectivity index (χ4v) is 4.42. The highest BCUT2D eigenvalue weighted by atomic mass is 32.2. The number of carbonyl (C=O) groups excluding carboxylic acids is 1. The van der Waals surface area contributed by atoms with Crippen LogP contribution in [0.5, 0.6) is 0 Å². The Hall–Kier alpha value is -2.50. The maximum atomic E-state index is 13.6. The van der Waals surface area contributed by atoms with Gasteiger partial charge in [0.1, 0.15) is 4.90 Å². The van der Waals surface area contributed by atoms with E-state index in [1.165, 1.54) is 0 Å². The maximum absolute atomic E-state index is 13.6. The molecule has 0 atom stereocenters. The van der Waals surface area contributed by atoms with Crippen molar-refractivity contribution in [3.63, 3.8) is 0 Å². The molecule has 0 aliphatic carbocycles. The van der Waals surface area contributed by atoms with Crippen molar-refractivity contribution < 1.29 is 62.0 Å². The first-order valence-electron chi connectivity index (χ1n) is 6.89. The van der Waals surface area contributed by atoms with E-state index in [9.17, 15) is 62.5 Å². The molecule has 0 unspecified atom stereocenters. The fourth-order valence-electron chi connectivity index (χ4n) is 1.84. The number of sulfone groups is 2. The van der Waals surface area contributed by atoms with Crippen molar-refractivity contribution in [3.05, 3.63) is 28.3 Å². The Bertz CT molecular complexity index is 1080. The van der Waals surface area contributed by atoms with Gasteiger partial charge in [-0.2, -0.15) is 30.7 Å². The van der Waals surface area contributed by atoms with Crippen LogP contribution in [0.2, 0.25) is 0 Å². The monoisotopic (exact) mass is 491 g/mol.